The Morgan fingerprint density at radius 2 is 1.83 bits per heavy atom. The molecule has 0 saturated heterocycles. The van der Waals surface area contributed by atoms with Gasteiger partial charge in [0.1, 0.15) is 4.21 Å². The highest BCUT2D eigenvalue weighted by molar-refractivity contribution is 7.91. The number of nitrogens with zero attached hydrogens (tertiary/aromatic N) is 1. The fraction of sp³-hybridized carbons (Fsp3) is 0.188. The van der Waals surface area contributed by atoms with Gasteiger partial charge in [0.25, 0.3) is 0 Å². The van der Waals surface area contributed by atoms with Gasteiger partial charge in [0, 0.05) is 24.2 Å². The second-order valence-electron chi connectivity index (χ2n) is 5.09. The molecule has 0 atom stereocenters. The Kier molecular flexibility index (Phi) is 5.30. The highest BCUT2D eigenvalue weighted by Crippen LogP contribution is 2.28. The van der Waals surface area contributed by atoms with E-state index in [4.69, 9.17) is 0 Å². The first-order chi connectivity index (χ1) is 11.5. The molecule has 0 aliphatic carbocycles. The van der Waals surface area contributed by atoms with Crippen LogP contribution in [-0.2, 0) is 10.0 Å². The van der Waals surface area contributed by atoms with E-state index >= 15 is 0 Å². The minimum absolute atomic E-state index is 0.305. The van der Waals surface area contributed by atoms with E-state index in [0.29, 0.717) is 17.3 Å². The lowest BCUT2D eigenvalue weighted by atomic mass is 10.2. The van der Waals surface area contributed by atoms with Gasteiger partial charge in [-0.1, -0.05) is 41.7 Å². The van der Waals surface area contributed by atoms with Crippen LogP contribution in [-0.4, -0.2) is 26.5 Å². The lowest BCUT2D eigenvalue weighted by Crippen LogP contribution is -2.28. The van der Waals surface area contributed by atoms with Gasteiger partial charge < -0.3 is 5.32 Å². The number of hydrogen-bond acceptors (Lipinski definition) is 6. The monoisotopic (exact) mass is 379 g/mol. The smallest absolute Gasteiger partial charge is 0.250 e. The molecule has 2 N–H and O–H groups in total. The van der Waals surface area contributed by atoms with Crippen LogP contribution in [0, 0.1) is 6.92 Å². The van der Waals surface area contributed by atoms with E-state index in [1.54, 1.807) is 23.5 Å². The summed E-state index contributed by atoms with van der Waals surface area (Å²) < 4.78 is 27.2. The number of thiazole rings is 1. The molecule has 0 radical (unpaired) electrons. The fourth-order valence-corrected chi connectivity index (χ4v) is 5.28. The van der Waals surface area contributed by atoms with Crippen molar-refractivity contribution in [1.29, 1.82) is 0 Å². The Balaban J connectivity index is 1.51. The molecule has 3 aromatic rings. The summed E-state index contributed by atoms with van der Waals surface area (Å²) in [6.45, 7) is 2.67. The molecule has 8 heteroatoms. The minimum Gasteiger partial charge on any atom is -0.360 e. The van der Waals surface area contributed by atoms with Gasteiger partial charge in [-0.05, 0) is 24.6 Å². The molecule has 0 bridgehead atoms. The van der Waals surface area contributed by atoms with Gasteiger partial charge in [0.2, 0.25) is 10.0 Å². The van der Waals surface area contributed by atoms with Gasteiger partial charge in [0.15, 0.2) is 5.13 Å². The average Bonchev–Trinajstić information content (AvgIpc) is 3.22. The molecule has 0 spiro atoms. The number of sulfonamides is 1. The van der Waals surface area contributed by atoms with E-state index in [1.165, 1.54) is 11.3 Å². The van der Waals surface area contributed by atoms with Crippen LogP contribution in [0.1, 0.15) is 4.88 Å². The zero-order valence-electron chi connectivity index (χ0n) is 13.0. The first-order valence-corrected chi connectivity index (χ1v) is 10.5. The molecule has 0 aliphatic rings. The van der Waals surface area contributed by atoms with Gasteiger partial charge in [-0.3, -0.25) is 0 Å². The van der Waals surface area contributed by atoms with Crippen LogP contribution in [0.25, 0.3) is 10.4 Å². The summed E-state index contributed by atoms with van der Waals surface area (Å²) in [5.41, 5.74) is 1.12. The number of anilines is 1. The maximum Gasteiger partial charge on any atom is 0.250 e. The zero-order valence-corrected chi connectivity index (χ0v) is 15.5. The molecule has 0 amide bonds. The predicted octanol–water partition coefficient (Wildman–Crippen LogP) is 3.57. The van der Waals surface area contributed by atoms with Crippen molar-refractivity contribution in [3.05, 3.63) is 53.5 Å². The molecule has 0 unspecified atom stereocenters. The first kappa shape index (κ1) is 17.1. The molecule has 0 fully saturated rings. The number of aromatic nitrogens is 1. The van der Waals surface area contributed by atoms with Crippen LogP contribution in [0.5, 0.6) is 0 Å². The molecule has 2 aromatic heterocycles. The lowest BCUT2D eigenvalue weighted by molar-refractivity contribution is 0.585. The SMILES string of the molecule is Cc1ccc(S(=O)(=O)NCCNc2ncc(-c3ccccc3)s2)s1. The number of rotatable bonds is 7. The minimum atomic E-state index is -3.42. The largest absolute Gasteiger partial charge is 0.360 e. The maximum absolute atomic E-state index is 12.1. The third-order valence-electron chi connectivity index (χ3n) is 3.24. The summed E-state index contributed by atoms with van der Waals surface area (Å²) in [6, 6.07) is 13.5. The van der Waals surface area contributed by atoms with Crippen molar-refractivity contribution in [2.45, 2.75) is 11.1 Å². The van der Waals surface area contributed by atoms with Crippen LogP contribution in [0.3, 0.4) is 0 Å². The number of hydrogen-bond donors (Lipinski definition) is 2. The Morgan fingerprint density at radius 1 is 1.04 bits per heavy atom. The fourth-order valence-electron chi connectivity index (χ4n) is 2.07. The second-order valence-corrected chi connectivity index (χ2v) is 9.40. The predicted molar refractivity (Wildman–Crippen MR) is 100 cm³/mol. The summed E-state index contributed by atoms with van der Waals surface area (Å²) in [5.74, 6) is 0. The van der Waals surface area contributed by atoms with Crippen LogP contribution < -0.4 is 10.0 Å². The van der Waals surface area contributed by atoms with Gasteiger partial charge in [-0.25, -0.2) is 18.1 Å². The van der Waals surface area contributed by atoms with E-state index in [-0.39, 0.29) is 0 Å². The van der Waals surface area contributed by atoms with Crippen molar-refractivity contribution in [2.24, 2.45) is 0 Å². The zero-order chi connectivity index (χ0) is 17.0. The molecule has 3 rings (SSSR count). The van der Waals surface area contributed by atoms with Gasteiger partial charge in [0.05, 0.1) is 4.88 Å². The molecule has 126 valence electrons. The third kappa shape index (κ3) is 4.21. The highest BCUT2D eigenvalue weighted by Gasteiger charge is 2.15. The molecule has 0 saturated carbocycles. The van der Waals surface area contributed by atoms with Crippen molar-refractivity contribution in [3.63, 3.8) is 0 Å². The summed E-state index contributed by atoms with van der Waals surface area (Å²) in [4.78, 5) is 6.37. The summed E-state index contributed by atoms with van der Waals surface area (Å²) in [5, 5.41) is 3.93. The quantitative estimate of drug-likeness (QED) is 0.616. The molecule has 5 nitrogen and oxygen atoms in total. The summed E-state index contributed by atoms with van der Waals surface area (Å²) in [7, 11) is -3.42. The first-order valence-electron chi connectivity index (χ1n) is 7.36. The molecular formula is C16H17N3O2S3. The van der Waals surface area contributed by atoms with E-state index in [2.05, 4.69) is 15.0 Å². The van der Waals surface area contributed by atoms with Crippen molar-refractivity contribution >= 4 is 37.8 Å². The van der Waals surface area contributed by atoms with Crippen molar-refractivity contribution in [2.75, 3.05) is 18.4 Å². The standard InChI is InChI=1S/C16H17N3O2S3/c1-12-7-8-15(22-12)24(20,21)19-10-9-17-16-18-11-14(23-16)13-5-3-2-4-6-13/h2-8,11,19H,9-10H2,1H3,(H,17,18). The summed E-state index contributed by atoms with van der Waals surface area (Å²) in [6.07, 6.45) is 1.82. The Bertz CT molecular complexity index is 902. The van der Waals surface area contributed by atoms with Crippen LogP contribution >= 0.6 is 22.7 Å². The van der Waals surface area contributed by atoms with Crippen molar-refractivity contribution in [3.8, 4) is 10.4 Å². The average molecular weight is 380 g/mol. The van der Waals surface area contributed by atoms with E-state index in [1.807, 2.05) is 43.5 Å². The Labute approximate surface area is 149 Å². The van der Waals surface area contributed by atoms with Gasteiger partial charge in [-0.2, -0.15) is 0 Å². The van der Waals surface area contributed by atoms with Crippen LogP contribution in [0.15, 0.2) is 52.9 Å². The number of nitrogens with one attached hydrogen (secondary N) is 2. The maximum atomic E-state index is 12.1. The van der Waals surface area contributed by atoms with Crippen LogP contribution in [0.2, 0.25) is 0 Å². The molecule has 0 aliphatic heterocycles. The van der Waals surface area contributed by atoms with Gasteiger partial charge in [-0.15, -0.1) is 11.3 Å². The highest BCUT2D eigenvalue weighted by atomic mass is 32.2. The Morgan fingerprint density at radius 3 is 2.54 bits per heavy atom. The van der Waals surface area contributed by atoms with E-state index in [0.717, 1.165) is 20.4 Å². The molecule has 24 heavy (non-hydrogen) atoms. The molecule has 2 heterocycles. The normalized spacial score (nSPS) is 11.5. The number of aryl methyl sites for hydroxylation is 1. The van der Waals surface area contributed by atoms with E-state index < -0.39 is 10.0 Å². The molecule has 1 aromatic carbocycles. The number of benzene rings is 1. The van der Waals surface area contributed by atoms with Crippen molar-refractivity contribution in [1.82, 2.24) is 9.71 Å². The lowest BCUT2D eigenvalue weighted by Gasteiger charge is -2.05. The third-order valence-corrected chi connectivity index (χ3v) is 7.20. The summed E-state index contributed by atoms with van der Waals surface area (Å²) >= 11 is 2.82. The molecular weight excluding hydrogens is 362 g/mol. The second kappa shape index (κ2) is 7.43. The van der Waals surface area contributed by atoms with E-state index in [9.17, 15) is 8.42 Å². The van der Waals surface area contributed by atoms with Crippen molar-refractivity contribution < 1.29 is 8.42 Å². The topological polar surface area (TPSA) is 71.1 Å². The van der Waals surface area contributed by atoms with Crippen LogP contribution in [0.4, 0.5) is 5.13 Å². The Hall–Kier alpha value is -1.74. The number of thiophene rings is 1. The van der Waals surface area contributed by atoms with Gasteiger partial charge >= 0.3 is 0 Å².